The van der Waals surface area contributed by atoms with E-state index < -0.39 is 5.97 Å². The molecule has 0 aliphatic heterocycles. The Morgan fingerprint density at radius 3 is 2.63 bits per heavy atom. The van der Waals surface area contributed by atoms with E-state index in [9.17, 15) is 14.3 Å². The van der Waals surface area contributed by atoms with Crippen molar-refractivity contribution in [1.82, 2.24) is 14.6 Å². The lowest BCUT2D eigenvalue weighted by atomic mass is 10.1. The van der Waals surface area contributed by atoms with E-state index in [2.05, 4.69) is 10.1 Å². The first-order chi connectivity index (χ1) is 9.16. The van der Waals surface area contributed by atoms with Crippen LogP contribution in [0.5, 0.6) is 0 Å². The number of rotatable bonds is 2. The molecule has 94 valence electrons. The highest BCUT2D eigenvalue weighted by atomic mass is 19.1. The van der Waals surface area contributed by atoms with Crippen molar-refractivity contribution in [3.8, 4) is 11.3 Å². The average Bonchev–Trinajstić information content (AvgIpc) is 2.83. The van der Waals surface area contributed by atoms with Crippen LogP contribution in [0.2, 0.25) is 0 Å². The molecule has 3 aromatic rings. The number of halogens is 1. The van der Waals surface area contributed by atoms with Crippen LogP contribution in [0, 0.1) is 5.82 Å². The minimum Gasteiger partial charge on any atom is -0.545 e. The maximum atomic E-state index is 12.9. The van der Waals surface area contributed by atoms with Gasteiger partial charge in [-0.2, -0.15) is 5.10 Å². The van der Waals surface area contributed by atoms with E-state index in [0.29, 0.717) is 11.3 Å². The molecule has 0 spiro atoms. The van der Waals surface area contributed by atoms with Gasteiger partial charge in [0.1, 0.15) is 5.82 Å². The van der Waals surface area contributed by atoms with E-state index in [1.54, 1.807) is 18.2 Å². The van der Waals surface area contributed by atoms with Gasteiger partial charge in [-0.25, -0.2) is 13.9 Å². The van der Waals surface area contributed by atoms with Crippen LogP contribution in [0.3, 0.4) is 0 Å². The van der Waals surface area contributed by atoms with Crippen LogP contribution in [0.25, 0.3) is 16.9 Å². The lowest BCUT2D eigenvalue weighted by Gasteiger charge is -2.05. The Hall–Kier alpha value is -2.76. The summed E-state index contributed by atoms with van der Waals surface area (Å²) < 4.78 is 14.3. The van der Waals surface area contributed by atoms with Crippen LogP contribution in [0.4, 0.5) is 4.39 Å². The van der Waals surface area contributed by atoms with Crippen molar-refractivity contribution in [3.05, 3.63) is 54.1 Å². The molecule has 0 atom stereocenters. The highest BCUT2D eigenvalue weighted by molar-refractivity contribution is 5.93. The molecular weight excluding hydrogens is 249 g/mol. The number of aromatic nitrogens is 3. The molecule has 0 saturated carbocycles. The molecule has 2 heterocycles. The molecule has 0 aliphatic carbocycles. The van der Waals surface area contributed by atoms with Crippen molar-refractivity contribution in [2.24, 2.45) is 0 Å². The summed E-state index contributed by atoms with van der Waals surface area (Å²) in [4.78, 5) is 14.9. The van der Waals surface area contributed by atoms with Gasteiger partial charge in [0, 0.05) is 11.8 Å². The Kier molecular flexibility index (Phi) is 2.49. The van der Waals surface area contributed by atoms with Gasteiger partial charge in [-0.05, 0) is 30.3 Å². The molecule has 5 nitrogen and oxygen atoms in total. The van der Waals surface area contributed by atoms with Gasteiger partial charge in [-0.3, -0.25) is 0 Å². The van der Waals surface area contributed by atoms with Gasteiger partial charge < -0.3 is 9.90 Å². The number of fused-ring (bicyclic) bond motifs is 1. The highest BCUT2D eigenvalue weighted by Gasteiger charge is 2.10. The van der Waals surface area contributed by atoms with Crippen molar-refractivity contribution in [1.29, 1.82) is 0 Å². The second kappa shape index (κ2) is 4.16. The van der Waals surface area contributed by atoms with E-state index in [4.69, 9.17) is 0 Å². The number of carboxylic acid groups (broad SMARTS) is 1. The summed E-state index contributed by atoms with van der Waals surface area (Å²) in [7, 11) is 0. The first kappa shape index (κ1) is 11.3. The van der Waals surface area contributed by atoms with Crippen molar-refractivity contribution < 1.29 is 14.3 Å². The zero-order chi connectivity index (χ0) is 13.4. The molecule has 2 aromatic heterocycles. The molecule has 0 bridgehead atoms. The molecule has 1 aromatic carbocycles. The third-order valence-corrected chi connectivity index (χ3v) is 2.76. The fraction of sp³-hybridized carbons (Fsp3) is 0. The monoisotopic (exact) mass is 256 g/mol. The lowest BCUT2D eigenvalue weighted by Crippen LogP contribution is -2.22. The molecule has 0 N–H and O–H groups in total. The van der Waals surface area contributed by atoms with Crippen LogP contribution in [-0.4, -0.2) is 20.6 Å². The van der Waals surface area contributed by atoms with Gasteiger partial charge >= 0.3 is 0 Å². The zero-order valence-corrected chi connectivity index (χ0v) is 9.58. The van der Waals surface area contributed by atoms with Gasteiger partial charge in [0.05, 0.1) is 23.4 Å². The molecule has 6 heteroatoms. The van der Waals surface area contributed by atoms with Crippen molar-refractivity contribution in [2.75, 3.05) is 0 Å². The summed E-state index contributed by atoms with van der Waals surface area (Å²) in [6, 6.07) is 7.50. The fourth-order valence-electron chi connectivity index (χ4n) is 1.87. The largest absolute Gasteiger partial charge is 0.545 e. The van der Waals surface area contributed by atoms with E-state index in [0.717, 1.165) is 0 Å². The summed E-state index contributed by atoms with van der Waals surface area (Å²) in [5, 5.41) is 14.9. The molecule has 0 radical (unpaired) electrons. The summed E-state index contributed by atoms with van der Waals surface area (Å²) in [6.07, 6.45) is 2.66. The number of carbonyl (C=O) groups excluding carboxylic acids is 1. The van der Waals surface area contributed by atoms with Gasteiger partial charge in [0.25, 0.3) is 0 Å². The third-order valence-electron chi connectivity index (χ3n) is 2.76. The minimum absolute atomic E-state index is 0.0797. The predicted octanol–water partition coefficient (Wildman–Crippen LogP) is 0.899. The number of carboxylic acids is 1. The molecule has 0 saturated heterocycles. The molecule has 0 fully saturated rings. The molecule has 19 heavy (non-hydrogen) atoms. The summed E-state index contributed by atoms with van der Waals surface area (Å²) in [6.45, 7) is 0. The van der Waals surface area contributed by atoms with Crippen LogP contribution in [0.15, 0.2) is 42.7 Å². The Labute approximate surface area is 107 Å². The second-order valence-corrected chi connectivity index (χ2v) is 3.92. The fourth-order valence-corrected chi connectivity index (χ4v) is 1.87. The predicted molar refractivity (Wildman–Crippen MR) is 62.7 cm³/mol. The first-order valence-corrected chi connectivity index (χ1v) is 5.47. The first-order valence-electron chi connectivity index (χ1n) is 5.47. The molecule has 3 rings (SSSR count). The average molecular weight is 256 g/mol. The quantitative estimate of drug-likeness (QED) is 0.683. The van der Waals surface area contributed by atoms with Gasteiger partial charge in [0.2, 0.25) is 0 Å². The van der Waals surface area contributed by atoms with E-state index in [1.165, 1.54) is 29.0 Å². The Balaban J connectivity index is 2.25. The van der Waals surface area contributed by atoms with Crippen LogP contribution >= 0.6 is 0 Å². The Morgan fingerprint density at radius 2 is 1.95 bits per heavy atom. The normalized spacial score (nSPS) is 10.8. The molecule has 0 aliphatic rings. The minimum atomic E-state index is -1.33. The standard InChI is InChI=1S/C13H8FN3O2/c14-9-3-1-8(2-4-9)11-5-6-15-12-10(13(18)19)7-16-17(11)12/h1-7H,(H,18,19)/p-1. The maximum absolute atomic E-state index is 12.9. The lowest BCUT2D eigenvalue weighted by molar-refractivity contribution is -0.254. The topological polar surface area (TPSA) is 70.3 Å². The van der Waals surface area contributed by atoms with E-state index in [1.807, 2.05) is 0 Å². The number of aromatic carboxylic acids is 1. The SMILES string of the molecule is O=C([O-])c1cnn2c(-c3ccc(F)cc3)ccnc12. The van der Waals surface area contributed by atoms with Crippen molar-refractivity contribution >= 4 is 11.6 Å². The Bertz CT molecular complexity index is 765. The number of benzene rings is 1. The maximum Gasteiger partial charge on any atom is 0.164 e. The third kappa shape index (κ3) is 1.83. The van der Waals surface area contributed by atoms with Gasteiger partial charge in [-0.1, -0.05) is 0 Å². The van der Waals surface area contributed by atoms with Crippen LogP contribution in [0.1, 0.15) is 10.4 Å². The number of hydrogen-bond donors (Lipinski definition) is 0. The van der Waals surface area contributed by atoms with Crippen LogP contribution < -0.4 is 5.11 Å². The Morgan fingerprint density at radius 1 is 1.21 bits per heavy atom. The van der Waals surface area contributed by atoms with E-state index in [-0.39, 0.29) is 17.0 Å². The summed E-state index contributed by atoms with van der Waals surface area (Å²) >= 11 is 0. The van der Waals surface area contributed by atoms with Gasteiger partial charge in [-0.15, -0.1) is 0 Å². The summed E-state index contributed by atoms with van der Waals surface area (Å²) in [5.41, 5.74) is 1.45. The number of nitrogens with zero attached hydrogens (tertiary/aromatic N) is 3. The number of hydrogen-bond acceptors (Lipinski definition) is 4. The molecule has 0 unspecified atom stereocenters. The second-order valence-electron chi connectivity index (χ2n) is 3.92. The van der Waals surface area contributed by atoms with Gasteiger partial charge in [0.15, 0.2) is 5.65 Å². The van der Waals surface area contributed by atoms with Crippen LogP contribution in [-0.2, 0) is 0 Å². The van der Waals surface area contributed by atoms with E-state index >= 15 is 0 Å². The molecule has 0 amide bonds. The highest BCUT2D eigenvalue weighted by Crippen LogP contribution is 2.20. The number of carbonyl (C=O) groups is 1. The zero-order valence-electron chi connectivity index (χ0n) is 9.58. The molecular formula is C13H7FN3O2-. The van der Waals surface area contributed by atoms with Crippen molar-refractivity contribution in [3.63, 3.8) is 0 Å². The smallest absolute Gasteiger partial charge is 0.164 e. The van der Waals surface area contributed by atoms with Crippen molar-refractivity contribution in [2.45, 2.75) is 0 Å². The summed E-state index contributed by atoms with van der Waals surface area (Å²) in [5.74, 6) is -1.68.